The summed E-state index contributed by atoms with van der Waals surface area (Å²) in [6, 6.07) is 5.65. The van der Waals surface area contributed by atoms with Crippen LogP contribution in [-0.2, 0) is 16.0 Å². The number of nitrogens with zero attached hydrogens (tertiary/aromatic N) is 1. The zero-order valence-corrected chi connectivity index (χ0v) is 14.1. The molecule has 1 fully saturated rings. The van der Waals surface area contributed by atoms with E-state index in [2.05, 4.69) is 10.3 Å². The number of rotatable bonds is 5. The Hall–Kier alpha value is -2.35. The maximum Gasteiger partial charge on any atom is 0.329 e. The lowest BCUT2D eigenvalue weighted by molar-refractivity contribution is -0.148. The first-order chi connectivity index (χ1) is 12.0. The predicted molar refractivity (Wildman–Crippen MR) is 90.7 cm³/mol. The highest BCUT2D eigenvalue weighted by atomic mass is 32.2. The molecule has 6 nitrogen and oxygen atoms in total. The molecule has 0 unspecified atom stereocenters. The molecule has 8 heteroatoms. The average molecular weight is 364 g/mol. The first kappa shape index (κ1) is 17.5. The molecule has 0 spiro atoms. The number of oxazole rings is 1. The van der Waals surface area contributed by atoms with Crippen molar-refractivity contribution < 1.29 is 23.5 Å². The van der Waals surface area contributed by atoms with Gasteiger partial charge in [-0.2, -0.15) is 11.8 Å². The van der Waals surface area contributed by atoms with Gasteiger partial charge < -0.3 is 14.8 Å². The van der Waals surface area contributed by atoms with Gasteiger partial charge in [0.05, 0.1) is 12.1 Å². The van der Waals surface area contributed by atoms with Crippen LogP contribution in [0.4, 0.5) is 4.39 Å². The maximum atomic E-state index is 13.0. The van der Waals surface area contributed by atoms with Crippen LogP contribution in [0.2, 0.25) is 0 Å². The molecule has 0 radical (unpaired) electrons. The summed E-state index contributed by atoms with van der Waals surface area (Å²) in [5.41, 5.74) is -0.215. The zero-order chi connectivity index (χ0) is 17.9. The van der Waals surface area contributed by atoms with Crippen LogP contribution in [0.15, 0.2) is 34.9 Å². The van der Waals surface area contributed by atoms with E-state index in [4.69, 9.17) is 4.42 Å². The lowest BCUT2D eigenvalue weighted by Crippen LogP contribution is -2.56. The number of carboxylic acid groups (broad SMARTS) is 1. The van der Waals surface area contributed by atoms with Crippen LogP contribution in [0.25, 0.3) is 11.5 Å². The van der Waals surface area contributed by atoms with Crippen molar-refractivity contribution in [2.75, 3.05) is 11.5 Å². The Morgan fingerprint density at radius 3 is 2.60 bits per heavy atom. The molecule has 2 N–H and O–H groups in total. The van der Waals surface area contributed by atoms with Crippen molar-refractivity contribution in [2.24, 2.45) is 0 Å². The third-order valence-electron chi connectivity index (χ3n) is 4.12. The van der Waals surface area contributed by atoms with Gasteiger partial charge in [-0.15, -0.1) is 0 Å². The van der Waals surface area contributed by atoms with E-state index in [1.807, 2.05) is 0 Å². The van der Waals surface area contributed by atoms with Crippen LogP contribution in [0.3, 0.4) is 0 Å². The van der Waals surface area contributed by atoms with Crippen LogP contribution >= 0.6 is 11.8 Å². The van der Waals surface area contributed by atoms with E-state index in [0.717, 1.165) is 0 Å². The van der Waals surface area contributed by atoms with Gasteiger partial charge in [0.25, 0.3) is 0 Å². The summed E-state index contributed by atoms with van der Waals surface area (Å²) >= 11 is 1.68. The minimum atomic E-state index is -1.20. The molecular weight excluding hydrogens is 347 g/mol. The monoisotopic (exact) mass is 364 g/mol. The van der Waals surface area contributed by atoms with Gasteiger partial charge in [-0.05, 0) is 48.6 Å². The fraction of sp³-hybridized carbons (Fsp3) is 0.353. The molecular formula is C17H17FN2O4S. The SMILES string of the molecule is O=C(Cc1coc(-c2ccc(F)cc2)n1)NC1(C(=O)O)CCSCC1. The van der Waals surface area contributed by atoms with E-state index in [-0.39, 0.29) is 18.1 Å². The highest BCUT2D eigenvalue weighted by Gasteiger charge is 2.41. The number of carbonyl (C=O) groups excluding carboxylic acids is 1. The number of aliphatic carboxylic acids is 1. The normalized spacial score (nSPS) is 16.4. The number of amides is 1. The van der Waals surface area contributed by atoms with Gasteiger partial charge in [0.15, 0.2) is 0 Å². The van der Waals surface area contributed by atoms with Crippen molar-refractivity contribution in [3.8, 4) is 11.5 Å². The Morgan fingerprint density at radius 1 is 1.28 bits per heavy atom. The van der Waals surface area contributed by atoms with Crippen molar-refractivity contribution in [1.29, 1.82) is 0 Å². The number of thioether (sulfide) groups is 1. The topological polar surface area (TPSA) is 92.4 Å². The number of nitrogens with one attached hydrogen (secondary N) is 1. The van der Waals surface area contributed by atoms with Crippen LogP contribution in [0, 0.1) is 5.82 Å². The standard InChI is InChI=1S/C17H17FN2O4S/c18-12-3-1-11(2-4-12)15-19-13(10-24-15)9-14(21)20-17(16(22)23)5-7-25-8-6-17/h1-4,10H,5-9H2,(H,20,21)(H,22,23). The molecule has 1 aliphatic rings. The van der Waals surface area contributed by atoms with Gasteiger partial charge >= 0.3 is 5.97 Å². The molecule has 1 aromatic carbocycles. The second-order valence-electron chi connectivity index (χ2n) is 5.88. The van der Waals surface area contributed by atoms with Crippen molar-refractivity contribution in [2.45, 2.75) is 24.8 Å². The quantitative estimate of drug-likeness (QED) is 0.847. The van der Waals surface area contributed by atoms with Crippen molar-refractivity contribution in [3.05, 3.63) is 42.0 Å². The van der Waals surface area contributed by atoms with E-state index < -0.39 is 17.4 Å². The number of benzene rings is 1. The summed E-state index contributed by atoms with van der Waals surface area (Å²) in [7, 11) is 0. The minimum Gasteiger partial charge on any atom is -0.480 e. The average Bonchev–Trinajstić information content (AvgIpc) is 3.04. The van der Waals surface area contributed by atoms with Gasteiger partial charge in [0.2, 0.25) is 11.8 Å². The molecule has 3 rings (SSSR count). The summed E-state index contributed by atoms with van der Waals surface area (Å²) in [5.74, 6) is -0.0952. The van der Waals surface area contributed by atoms with Crippen LogP contribution in [0.1, 0.15) is 18.5 Å². The molecule has 0 aliphatic carbocycles. The third-order valence-corrected chi connectivity index (χ3v) is 5.10. The fourth-order valence-corrected chi connectivity index (χ4v) is 3.89. The number of aromatic nitrogens is 1. The Balaban J connectivity index is 1.67. The number of hydrogen-bond donors (Lipinski definition) is 2. The molecule has 25 heavy (non-hydrogen) atoms. The van der Waals surface area contributed by atoms with E-state index in [1.165, 1.54) is 30.5 Å². The van der Waals surface area contributed by atoms with E-state index in [0.29, 0.717) is 35.6 Å². The second-order valence-corrected chi connectivity index (χ2v) is 7.10. The number of carbonyl (C=O) groups is 2. The van der Waals surface area contributed by atoms with Crippen molar-refractivity contribution in [3.63, 3.8) is 0 Å². The largest absolute Gasteiger partial charge is 0.480 e. The number of halogens is 1. The van der Waals surface area contributed by atoms with E-state index >= 15 is 0 Å². The number of hydrogen-bond acceptors (Lipinski definition) is 5. The predicted octanol–water partition coefficient (Wildman–Crippen LogP) is 2.49. The molecule has 1 amide bonds. The van der Waals surface area contributed by atoms with Gasteiger partial charge in [0.1, 0.15) is 17.6 Å². The third kappa shape index (κ3) is 4.01. The molecule has 1 aromatic heterocycles. The second kappa shape index (κ2) is 7.26. The summed E-state index contributed by atoms with van der Waals surface area (Å²) in [6.07, 6.45) is 2.08. The van der Waals surface area contributed by atoms with Crippen molar-refractivity contribution >= 4 is 23.6 Å². The minimum absolute atomic E-state index is 0.0765. The Labute approximate surface area is 147 Å². The summed E-state index contributed by atoms with van der Waals surface area (Å²) < 4.78 is 18.3. The first-order valence-electron chi connectivity index (χ1n) is 7.81. The van der Waals surface area contributed by atoms with Crippen LogP contribution < -0.4 is 5.32 Å². The first-order valence-corrected chi connectivity index (χ1v) is 8.96. The lowest BCUT2D eigenvalue weighted by Gasteiger charge is -2.33. The highest BCUT2D eigenvalue weighted by Crippen LogP contribution is 2.27. The summed E-state index contributed by atoms with van der Waals surface area (Å²) in [4.78, 5) is 28.1. The van der Waals surface area contributed by atoms with Gasteiger partial charge in [-0.25, -0.2) is 14.2 Å². The molecule has 1 saturated heterocycles. The lowest BCUT2D eigenvalue weighted by atomic mass is 9.92. The fourth-order valence-electron chi connectivity index (χ4n) is 2.70. The highest BCUT2D eigenvalue weighted by molar-refractivity contribution is 7.99. The van der Waals surface area contributed by atoms with Crippen LogP contribution in [0.5, 0.6) is 0 Å². The molecule has 0 saturated carbocycles. The van der Waals surface area contributed by atoms with Gasteiger partial charge in [-0.1, -0.05) is 0 Å². The molecule has 2 aromatic rings. The molecule has 0 bridgehead atoms. The zero-order valence-electron chi connectivity index (χ0n) is 13.3. The van der Waals surface area contributed by atoms with Gasteiger partial charge in [-0.3, -0.25) is 4.79 Å². The van der Waals surface area contributed by atoms with E-state index in [9.17, 15) is 19.1 Å². The Bertz CT molecular complexity index is 769. The molecule has 2 heterocycles. The number of carboxylic acids is 1. The summed E-state index contributed by atoms with van der Waals surface area (Å²) in [6.45, 7) is 0. The molecule has 132 valence electrons. The summed E-state index contributed by atoms with van der Waals surface area (Å²) in [5, 5.41) is 12.1. The van der Waals surface area contributed by atoms with E-state index in [1.54, 1.807) is 11.8 Å². The van der Waals surface area contributed by atoms with Crippen LogP contribution in [-0.4, -0.2) is 39.0 Å². The Morgan fingerprint density at radius 2 is 1.96 bits per heavy atom. The maximum absolute atomic E-state index is 13.0. The van der Waals surface area contributed by atoms with Crippen molar-refractivity contribution in [1.82, 2.24) is 10.3 Å². The molecule has 0 atom stereocenters. The molecule has 1 aliphatic heterocycles. The Kier molecular flexibility index (Phi) is 5.08. The van der Waals surface area contributed by atoms with Gasteiger partial charge in [0, 0.05) is 5.56 Å². The smallest absolute Gasteiger partial charge is 0.329 e.